The maximum absolute atomic E-state index is 4.46. The SMILES string of the molecule is Cc1cc(C2(C)CCCCC2)cc(C)n1. The summed E-state index contributed by atoms with van der Waals surface area (Å²) in [6.45, 7) is 6.62. The van der Waals surface area contributed by atoms with E-state index in [1.165, 1.54) is 37.7 Å². The molecule has 15 heavy (non-hydrogen) atoms. The van der Waals surface area contributed by atoms with E-state index in [2.05, 4.69) is 37.9 Å². The molecule has 0 amide bonds. The van der Waals surface area contributed by atoms with Crippen molar-refractivity contribution in [1.29, 1.82) is 0 Å². The summed E-state index contributed by atoms with van der Waals surface area (Å²) in [5, 5.41) is 0. The zero-order valence-electron chi connectivity index (χ0n) is 10.1. The van der Waals surface area contributed by atoms with E-state index in [9.17, 15) is 0 Å². The van der Waals surface area contributed by atoms with Crippen LogP contribution in [0.5, 0.6) is 0 Å². The molecule has 0 radical (unpaired) electrons. The Morgan fingerprint density at radius 3 is 2.07 bits per heavy atom. The Kier molecular flexibility index (Phi) is 2.81. The first-order valence-corrected chi connectivity index (χ1v) is 6.06. The lowest BCUT2D eigenvalue weighted by Gasteiger charge is -2.34. The molecule has 0 bridgehead atoms. The predicted octanol–water partition coefficient (Wildman–Crippen LogP) is 3.92. The third-order valence-electron chi connectivity index (χ3n) is 3.74. The van der Waals surface area contributed by atoms with Crippen molar-refractivity contribution in [3.05, 3.63) is 29.1 Å². The Morgan fingerprint density at radius 2 is 1.53 bits per heavy atom. The third kappa shape index (κ3) is 2.22. The molecular formula is C14H21N. The van der Waals surface area contributed by atoms with Crippen LogP contribution in [-0.4, -0.2) is 4.98 Å². The van der Waals surface area contributed by atoms with E-state index in [0.29, 0.717) is 5.41 Å². The third-order valence-corrected chi connectivity index (χ3v) is 3.74. The van der Waals surface area contributed by atoms with Crippen LogP contribution in [0.1, 0.15) is 56.0 Å². The summed E-state index contributed by atoms with van der Waals surface area (Å²) in [5.41, 5.74) is 4.25. The Labute approximate surface area is 92.9 Å². The van der Waals surface area contributed by atoms with Gasteiger partial charge in [-0.15, -0.1) is 0 Å². The van der Waals surface area contributed by atoms with Crippen molar-refractivity contribution in [2.24, 2.45) is 0 Å². The fourth-order valence-corrected chi connectivity index (χ4v) is 2.80. The quantitative estimate of drug-likeness (QED) is 0.674. The fourth-order valence-electron chi connectivity index (χ4n) is 2.80. The Morgan fingerprint density at radius 1 is 1.00 bits per heavy atom. The second kappa shape index (κ2) is 3.96. The van der Waals surface area contributed by atoms with Gasteiger partial charge < -0.3 is 0 Å². The lowest BCUT2D eigenvalue weighted by Crippen LogP contribution is -2.25. The molecule has 1 aromatic heterocycles. The zero-order valence-corrected chi connectivity index (χ0v) is 10.1. The van der Waals surface area contributed by atoms with E-state index in [4.69, 9.17) is 0 Å². The smallest absolute Gasteiger partial charge is 0.0378 e. The van der Waals surface area contributed by atoms with Crippen LogP contribution >= 0.6 is 0 Å². The molecule has 1 aliphatic rings. The van der Waals surface area contributed by atoms with Crippen molar-refractivity contribution in [2.75, 3.05) is 0 Å². The van der Waals surface area contributed by atoms with Crippen LogP contribution in [0.15, 0.2) is 12.1 Å². The molecular weight excluding hydrogens is 182 g/mol. The van der Waals surface area contributed by atoms with Crippen molar-refractivity contribution in [1.82, 2.24) is 4.98 Å². The molecule has 0 aromatic carbocycles. The highest BCUT2D eigenvalue weighted by atomic mass is 14.7. The van der Waals surface area contributed by atoms with E-state index >= 15 is 0 Å². The van der Waals surface area contributed by atoms with Gasteiger partial charge in [0.25, 0.3) is 0 Å². The largest absolute Gasteiger partial charge is 0.258 e. The molecule has 0 unspecified atom stereocenters. The van der Waals surface area contributed by atoms with Crippen LogP contribution in [0.4, 0.5) is 0 Å². The topological polar surface area (TPSA) is 12.9 Å². The minimum Gasteiger partial charge on any atom is -0.258 e. The number of pyridine rings is 1. The summed E-state index contributed by atoms with van der Waals surface area (Å²) in [4.78, 5) is 4.46. The monoisotopic (exact) mass is 203 g/mol. The van der Waals surface area contributed by atoms with E-state index in [1.54, 1.807) is 0 Å². The minimum absolute atomic E-state index is 0.413. The van der Waals surface area contributed by atoms with Gasteiger partial charge in [0.15, 0.2) is 0 Å². The molecule has 1 saturated carbocycles. The van der Waals surface area contributed by atoms with E-state index in [1.807, 2.05) is 0 Å². The summed E-state index contributed by atoms with van der Waals surface area (Å²) < 4.78 is 0. The van der Waals surface area contributed by atoms with Crippen LogP contribution in [0.3, 0.4) is 0 Å². The Balaban J connectivity index is 2.34. The molecule has 1 aromatic rings. The van der Waals surface area contributed by atoms with Crippen molar-refractivity contribution in [2.45, 2.75) is 58.3 Å². The maximum Gasteiger partial charge on any atom is 0.0378 e. The van der Waals surface area contributed by atoms with Gasteiger partial charge in [0.2, 0.25) is 0 Å². The van der Waals surface area contributed by atoms with Gasteiger partial charge in [-0.2, -0.15) is 0 Å². The molecule has 0 atom stereocenters. The van der Waals surface area contributed by atoms with Crippen LogP contribution in [-0.2, 0) is 5.41 Å². The van der Waals surface area contributed by atoms with Crippen LogP contribution in [0, 0.1) is 13.8 Å². The molecule has 0 spiro atoms. The second-order valence-electron chi connectivity index (χ2n) is 5.26. The number of hydrogen-bond donors (Lipinski definition) is 0. The Hall–Kier alpha value is -0.850. The number of hydrogen-bond acceptors (Lipinski definition) is 1. The second-order valence-corrected chi connectivity index (χ2v) is 5.26. The molecule has 1 aliphatic carbocycles. The van der Waals surface area contributed by atoms with Gasteiger partial charge in [-0.05, 0) is 49.8 Å². The first-order chi connectivity index (χ1) is 7.10. The van der Waals surface area contributed by atoms with Gasteiger partial charge in [-0.1, -0.05) is 26.2 Å². The number of rotatable bonds is 1. The molecule has 0 N–H and O–H groups in total. The first kappa shape index (κ1) is 10.7. The van der Waals surface area contributed by atoms with Gasteiger partial charge in [0, 0.05) is 11.4 Å². The number of nitrogens with zero attached hydrogens (tertiary/aromatic N) is 1. The first-order valence-electron chi connectivity index (χ1n) is 6.06. The summed E-state index contributed by atoms with van der Waals surface area (Å²) in [6.07, 6.45) is 6.87. The number of aromatic nitrogens is 1. The molecule has 1 heterocycles. The summed E-state index contributed by atoms with van der Waals surface area (Å²) in [5.74, 6) is 0. The molecule has 1 fully saturated rings. The molecule has 0 aliphatic heterocycles. The van der Waals surface area contributed by atoms with Crippen LogP contribution in [0.25, 0.3) is 0 Å². The highest BCUT2D eigenvalue weighted by molar-refractivity contribution is 5.28. The lowest BCUT2D eigenvalue weighted by atomic mass is 9.71. The molecule has 0 saturated heterocycles. The Bertz CT molecular complexity index is 328. The fraction of sp³-hybridized carbons (Fsp3) is 0.643. The molecule has 2 rings (SSSR count). The van der Waals surface area contributed by atoms with Crippen molar-refractivity contribution in [3.63, 3.8) is 0 Å². The minimum atomic E-state index is 0.413. The van der Waals surface area contributed by atoms with Gasteiger partial charge in [-0.25, -0.2) is 0 Å². The standard InChI is InChI=1S/C14H21N/c1-11-9-13(10-12(2)15-11)14(3)7-5-4-6-8-14/h9-10H,4-8H2,1-3H3. The highest BCUT2D eigenvalue weighted by Crippen LogP contribution is 2.39. The van der Waals surface area contributed by atoms with Crippen molar-refractivity contribution < 1.29 is 0 Å². The highest BCUT2D eigenvalue weighted by Gasteiger charge is 2.28. The van der Waals surface area contributed by atoms with Crippen LogP contribution < -0.4 is 0 Å². The maximum atomic E-state index is 4.46. The van der Waals surface area contributed by atoms with Gasteiger partial charge in [0.05, 0.1) is 0 Å². The van der Waals surface area contributed by atoms with Gasteiger partial charge in [-0.3, -0.25) is 4.98 Å². The number of aryl methyl sites for hydroxylation is 2. The summed E-state index contributed by atoms with van der Waals surface area (Å²) in [7, 11) is 0. The normalized spacial score (nSPS) is 20.2. The van der Waals surface area contributed by atoms with E-state index < -0.39 is 0 Å². The molecule has 1 heteroatoms. The van der Waals surface area contributed by atoms with Gasteiger partial charge in [0.1, 0.15) is 0 Å². The predicted molar refractivity (Wildman–Crippen MR) is 64.1 cm³/mol. The molecule has 82 valence electrons. The van der Waals surface area contributed by atoms with E-state index in [0.717, 1.165) is 11.4 Å². The average Bonchev–Trinajstić information content (AvgIpc) is 2.17. The zero-order chi connectivity index (χ0) is 10.9. The average molecular weight is 203 g/mol. The summed E-state index contributed by atoms with van der Waals surface area (Å²) >= 11 is 0. The molecule has 1 nitrogen and oxygen atoms in total. The van der Waals surface area contributed by atoms with Crippen molar-refractivity contribution in [3.8, 4) is 0 Å². The van der Waals surface area contributed by atoms with Crippen molar-refractivity contribution >= 4 is 0 Å². The summed E-state index contributed by atoms with van der Waals surface area (Å²) in [6, 6.07) is 4.55. The van der Waals surface area contributed by atoms with Crippen LogP contribution in [0.2, 0.25) is 0 Å². The van der Waals surface area contributed by atoms with E-state index in [-0.39, 0.29) is 0 Å². The van der Waals surface area contributed by atoms with Gasteiger partial charge >= 0.3 is 0 Å². The lowest BCUT2D eigenvalue weighted by molar-refractivity contribution is 0.319.